The van der Waals surface area contributed by atoms with Crippen LogP contribution >= 0.6 is 0 Å². The molecule has 2 rings (SSSR count). The van der Waals surface area contributed by atoms with Crippen molar-refractivity contribution in [3.8, 4) is 0 Å². The molecule has 1 aromatic heterocycles. The Morgan fingerprint density at radius 1 is 1.47 bits per heavy atom. The Balaban J connectivity index is 2.27. The number of aromatic nitrogens is 1. The number of nitrogens with zero attached hydrogens (tertiary/aromatic N) is 2. The average Bonchev–Trinajstić information content (AvgIpc) is 2.67. The average molecular weight is 204 g/mol. The first-order valence-corrected chi connectivity index (χ1v) is 5.87. The fourth-order valence-corrected chi connectivity index (χ4v) is 2.59. The van der Waals surface area contributed by atoms with E-state index in [0.29, 0.717) is 12.1 Å². The summed E-state index contributed by atoms with van der Waals surface area (Å²) in [4.78, 5) is 6.98. The van der Waals surface area contributed by atoms with Gasteiger partial charge in [0.15, 0.2) is 0 Å². The van der Waals surface area contributed by atoms with Crippen molar-refractivity contribution in [2.24, 2.45) is 0 Å². The molecule has 82 valence electrons. The molecule has 0 radical (unpaired) electrons. The van der Waals surface area contributed by atoms with Gasteiger partial charge >= 0.3 is 0 Å². The Morgan fingerprint density at radius 2 is 2.27 bits per heavy atom. The minimum Gasteiger partial charge on any atom is -0.294 e. The van der Waals surface area contributed by atoms with E-state index in [2.05, 4.69) is 42.8 Å². The number of rotatable bonds is 2. The standard InChI is InChI=1S/C13H20N2/c1-10(2)15-9-5-7-13(15)12-6-4-8-14-11(12)3/h4,6,8,10,13H,5,7,9H2,1-3H3/t13-/m1/s1. The largest absolute Gasteiger partial charge is 0.294 e. The molecule has 0 spiro atoms. The summed E-state index contributed by atoms with van der Waals surface area (Å²) in [6, 6.07) is 5.52. The molecule has 2 nitrogen and oxygen atoms in total. The zero-order valence-electron chi connectivity index (χ0n) is 9.90. The van der Waals surface area contributed by atoms with E-state index in [1.54, 1.807) is 0 Å². The maximum atomic E-state index is 4.39. The molecule has 1 fully saturated rings. The minimum absolute atomic E-state index is 0.596. The summed E-state index contributed by atoms with van der Waals surface area (Å²) in [6.07, 6.45) is 4.48. The molecule has 1 atom stereocenters. The quantitative estimate of drug-likeness (QED) is 0.736. The van der Waals surface area contributed by atoms with Crippen LogP contribution < -0.4 is 0 Å². The maximum Gasteiger partial charge on any atom is 0.0420 e. The van der Waals surface area contributed by atoms with E-state index in [9.17, 15) is 0 Å². The van der Waals surface area contributed by atoms with Gasteiger partial charge < -0.3 is 0 Å². The SMILES string of the molecule is Cc1ncccc1[C@H]1CCCN1C(C)C. The van der Waals surface area contributed by atoms with E-state index >= 15 is 0 Å². The van der Waals surface area contributed by atoms with Crippen LogP contribution in [0.5, 0.6) is 0 Å². The van der Waals surface area contributed by atoms with Crippen molar-refractivity contribution < 1.29 is 0 Å². The van der Waals surface area contributed by atoms with E-state index < -0.39 is 0 Å². The molecule has 0 aliphatic carbocycles. The van der Waals surface area contributed by atoms with Gasteiger partial charge in [-0.2, -0.15) is 0 Å². The smallest absolute Gasteiger partial charge is 0.0420 e. The van der Waals surface area contributed by atoms with E-state index in [4.69, 9.17) is 0 Å². The predicted molar refractivity (Wildman–Crippen MR) is 62.8 cm³/mol. The number of hydrogen-bond donors (Lipinski definition) is 0. The van der Waals surface area contributed by atoms with Crippen molar-refractivity contribution in [3.63, 3.8) is 0 Å². The highest BCUT2D eigenvalue weighted by molar-refractivity contribution is 5.23. The third-order valence-electron chi connectivity index (χ3n) is 3.36. The molecule has 1 saturated heterocycles. The Kier molecular flexibility index (Phi) is 3.06. The lowest BCUT2D eigenvalue weighted by Crippen LogP contribution is -2.30. The molecule has 1 aliphatic heterocycles. The number of likely N-dealkylation sites (tertiary alicyclic amines) is 1. The topological polar surface area (TPSA) is 16.1 Å². The number of pyridine rings is 1. The summed E-state index contributed by atoms with van der Waals surface area (Å²) < 4.78 is 0. The van der Waals surface area contributed by atoms with Gasteiger partial charge in [-0.05, 0) is 51.8 Å². The molecule has 0 amide bonds. The van der Waals surface area contributed by atoms with E-state index in [1.807, 2.05) is 6.20 Å². The summed E-state index contributed by atoms with van der Waals surface area (Å²) in [7, 11) is 0. The van der Waals surface area contributed by atoms with Crippen molar-refractivity contribution in [2.45, 2.75) is 45.7 Å². The molecule has 1 aliphatic rings. The highest BCUT2D eigenvalue weighted by Gasteiger charge is 2.28. The van der Waals surface area contributed by atoms with Crippen LogP contribution in [0.4, 0.5) is 0 Å². The molecule has 2 heteroatoms. The summed E-state index contributed by atoms with van der Waals surface area (Å²) in [5.74, 6) is 0. The molecule has 0 unspecified atom stereocenters. The van der Waals surface area contributed by atoms with Gasteiger partial charge in [0.2, 0.25) is 0 Å². The van der Waals surface area contributed by atoms with Crippen LogP contribution in [0.2, 0.25) is 0 Å². The third-order valence-corrected chi connectivity index (χ3v) is 3.36. The van der Waals surface area contributed by atoms with Crippen LogP contribution in [0.15, 0.2) is 18.3 Å². The first-order valence-electron chi connectivity index (χ1n) is 5.87. The summed E-state index contributed by atoms with van der Waals surface area (Å²) >= 11 is 0. The summed E-state index contributed by atoms with van der Waals surface area (Å²) in [5, 5.41) is 0. The van der Waals surface area contributed by atoms with Gasteiger partial charge in [0.05, 0.1) is 0 Å². The second-order valence-electron chi connectivity index (χ2n) is 4.67. The van der Waals surface area contributed by atoms with Crippen LogP contribution in [0.3, 0.4) is 0 Å². The molecule has 0 aromatic carbocycles. The molecule has 1 aromatic rings. The lowest BCUT2D eigenvalue weighted by molar-refractivity contribution is 0.204. The van der Waals surface area contributed by atoms with Gasteiger partial charge in [-0.15, -0.1) is 0 Å². The van der Waals surface area contributed by atoms with Gasteiger partial charge in [-0.1, -0.05) is 6.07 Å². The van der Waals surface area contributed by atoms with Gasteiger partial charge in [0.25, 0.3) is 0 Å². The van der Waals surface area contributed by atoms with Crippen LogP contribution in [-0.4, -0.2) is 22.5 Å². The number of aryl methyl sites for hydroxylation is 1. The minimum atomic E-state index is 0.596. The van der Waals surface area contributed by atoms with Crippen LogP contribution in [0.25, 0.3) is 0 Å². The molecule has 2 heterocycles. The second kappa shape index (κ2) is 4.31. The first-order chi connectivity index (χ1) is 7.20. The normalized spacial score (nSPS) is 22.5. The molecular weight excluding hydrogens is 184 g/mol. The molecule has 0 N–H and O–H groups in total. The van der Waals surface area contributed by atoms with Crippen molar-refractivity contribution in [1.29, 1.82) is 0 Å². The highest BCUT2D eigenvalue weighted by Crippen LogP contribution is 2.34. The van der Waals surface area contributed by atoms with Crippen molar-refractivity contribution in [3.05, 3.63) is 29.6 Å². The van der Waals surface area contributed by atoms with Gasteiger partial charge in [0.1, 0.15) is 0 Å². The van der Waals surface area contributed by atoms with E-state index in [1.165, 1.54) is 30.6 Å². The third kappa shape index (κ3) is 2.05. The van der Waals surface area contributed by atoms with Crippen LogP contribution in [-0.2, 0) is 0 Å². The van der Waals surface area contributed by atoms with Gasteiger partial charge in [-0.3, -0.25) is 9.88 Å². The Morgan fingerprint density at radius 3 is 2.93 bits per heavy atom. The van der Waals surface area contributed by atoms with Crippen LogP contribution in [0, 0.1) is 6.92 Å². The summed E-state index contributed by atoms with van der Waals surface area (Å²) in [6.45, 7) is 7.91. The Bertz CT molecular complexity index is 333. The van der Waals surface area contributed by atoms with Gasteiger partial charge in [-0.25, -0.2) is 0 Å². The summed E-state index contributed by atoms with van der Waals surface area (Å²) in [5.41, 5.74) is 2.61. The molecule has 0 saturated carbocycles. The zero-order chi connectivity index (χ0) is 10.8. The zero-order valence-corrected chi connectivity index (χ0v) is 9.90. The first kappa shape index (κ1) is 10.6. The maximum absolute atomic E-state index is 4.39. The van der Waals surface area contributed by atoms with Crippen molar-refractivity contribution >= 4 is 0 Å². The predicted octanol–water partition coefficient (Wildman–Crippen LogP) is 2.94. The molecule has 15 heavy (non-hydrogen) atoms. The Hall–Kier alpha value is -0.890. The number of hydrogen-bond acceptors (Lipinski definition) is 2. The van der Waals surface area contributed by atoms with Crippen molar-refractivity contribution in [1.82, 2.24) is 9.88 Å². The lowest BCUT2D eigenvalue weighted by Gasteiger charge is -2.29. The fraction of sp³-hybridized carbons (Fsp3) is 0.615. The van der Waals surface area contributed by atoms with Gasteiger partial charge in [0, 0.05) is 24.0 Å². The fourth-order valence-electron chi connectivity index (χ4n) is 2.59. The lowest BCUT2D eigenvalue weighted by atomic mass is 10.0. The van der Waals surface area contributed by atoms with E-state index in [-0.39, 0.29) is 0 Å². The van der Waals surface area contributed by atoms with Crippen LogP contribution in [0.1, 0.15) is 44.0 Å². The highest BCUT2D eigenvalue weighted by atomic mass is 15.2. The van der Waals surface area contributed by atoms with Crippen molar-refractivity contribution in [2.75, 3.05) is 6.54 Å². The second-order valence-corrected chi connectivity index (χ2v) is 4.67. The Labute approximate surface area is 92.3 Å². The molecular formula is C13H20N2. The molecule has 0 bridgehead atoms. The van der Waals surface area contributed by atoms with E-state index in [0.717, 1.165) is 0 Å². The monoisotopic (exact) mass is 204 g/mol.